The van der Waals surface area contributed by atoms with Crippen molar-refractivity contribution in [3.63, 3.8) is 0 Å². The molecule has 0 radical (unpaired) electrons. The molecule has 4 rings (SSSR count). The van der Waals surface area contributed by atoms with E-state index in [2.05, 4.69) is 28.8 Å². The largest absolute Gasteiger partial charge is 0.384 e. The molecule has 1 fully saturated rings. The van der Waals surface area contributed by atoms with E-state index in [0.717, 1.165) is 38.2 Å². The van der Waals surface area contributed by atoms with E-state index in [1.54, 1.807) is 7.11 Å². The summed E-state index contributed by atoms with van der Waals surface area (Å²) in [5.74, 6) is 0.227. The van der Waals surface area contributed by atoms with Crippen LogP contribution in [0.3, 0.4) is 0 Å². The summed E-state index contributed by atoms with van der Waals surface area (Å²) in [4.78, 5) is 0. The molecule has 26 heavy (non-hydrogen) atoms. The highest BCUT2D eigenvalue weighted by Gasteiger charge is 2.26. The Morgan fingerprint density at radius 2 is 1.81 bits per heavy atom. The molecule has 0 saturated carbocycles. The SMILES string of the molecule is COCCc1c(C2CCOCC2)n(-c2ccc(F)cc2)c2ccccc12. The predicted molar refractivity (Wildman–Crippen MR) is 102 cm³/mol. The maximum atomic E-state index is 13.5. The molecule has 3 aromatic rings. The standard InChI is InChI=1S/C22H24FNO2/c1-25-13-12-20-19-4-2-3-5-21(19)24(18-8-6-17(23)7-9-18)22(20)16-10-14-26-15-11-16/h2-9,16H,10-15H2,1H3. The highest BCUT2D eigenvalue weighted by atomic mass is 19.1. The van der Waals surface area contributed by atoms with Gasteiger partial charge in [-0.25, -0.2) is 4.39 Å². The third-order valence-electron chi connectivity index (χ3n) is 5.27. The van der Waals surface area contributed by atoms with E-state index in [1.807, 2.05) is 12.1 Å². The van der Waals surface area contributed by atoms with Crippen LogP contribution in [0.15, 0.2) is 48.5 Å². The summed E-state index contributed by atoms with van der Waals surface area (Å²) >= 11 is 0. The molecular formula is C22H24FNO2. The van der Waals surface area contributed by atoms with Crippen molar-refractivity contribution in [3.05, 3.63) is 65.6 Å². The van der Waals surface area contributed by atoms with E-state index in [4.69, 9.17) is 9.47 Å². The van der Waals surface area contributed by atoms with Gasteiger partial charge >= 0.3 is 0 Å². The average Bonchev–Trinajstić information content (AvgIpc) is 3.02. The van der Waals surface area contributed by atoms with Gasteiger partial charge in [0.25, 0.3) is 0 Å². The molecule has 0 spiro atoms. The van der Waals surface area contributed by atoms with Gasteiger partial charge in [0, 0.05) is 43.0 Å². The van der Waals surface area contributed by atoms with E-state index >= 15 is 0 Å². The quantitative estimate of drug-likeness (QED) is 0.654. The molecule has 0 N–H and O–H groups in total. The van der Waals surface area contributed by atoms with Gasteiger partial charge < -0.3 is 14.0 Å². The molecule has 0 amide bonds. The zero-order valence-corrected chi connectivity index (χ0v) is 15.1. The molecule has 1 saturated heterocycles. The molecule has 2 heterocycles. The number of benzene rings is 2. The second kappa shape index (κ2) is 7.60. The van der Waals surface area contributed by atoms with Crippen LogP contribution in [0.1, 0.15) is 30.0 Å². The first-order valence-electron chi connectivity index (χ1n) is 9.24. The van der Waals surface area contributed by atoms with E-state index in [0.29, 0.717) is 12.5 Å². The number of ether oxygens (including phenoxy) is 2. The average molecular weight is 353 g/mol. The number of halogens is 1. The number of para-hydroxylation sites is 1. The fourth-order valence-electron chi connectivity index (χ4n) is 4.06. The summed E-state index contributed by atoms with van der Waals surface area (Å²) in [5, 5.41) is 1.26. The highest BCUT2D eigenvalue weighted by Crippen LogP contribution is 2.38. The molecule has 1 aromatic heterocycles. The molecule has 136 valence electrons. The zero-order valence-electron chi connectivity index (χ0n) is 15.1. The molecule has 1 aliphatic heterocycles. The minimum atomic E-state index is -0.211. The second-order valence-electron chi connectivity index (χ2n) is 6.82. The molecule has 1 aliphatic rings. The van der Waals surface area contributed by atoms with Gasteiger partial charge in [-0.05, 0) is 55.2 Å². The van der Waals surface area contributed by atoms with Crippen LogP contribution in [0, 0.1) is 5.82 Å². The number of aromatic nitrogens is 1. The smallest absolute Gasteiger partial charge is 0.123 e. The first-order valence-corrected chi connectivity index (χ1v) is 9.24. The Labute approximate surface area is 153 Å². The topological polar surface area (TPSA) is 23.4 Å². The summed E-state index contributed by atoms with van der Waals surface area (Å²) in [6.07, 6.45) is 2.90. The van der Waals surface area contributed by atoms with Crippen LogP contribution in [0.5, 0.6) is 0 Å². The van der Waals surface area contributed by atoms with Crippen molar-refractivity contribution in [2.75, 3.05) is 26.9 Å². The van der Waals surface area contributed by atoms with Crippen molar-refractivity contribution in [2.45, 2.75) is 25.2 Å². The molecule has 0 aliphatic carbocycles. The Bertz CT molecular complexity index is 879. The van der Waals surface area contributed by atoms with Gasteiger partial charge in [0.05, 0.1) is 12.1 Å². The lowest BCUT2D eigenvalue weighted by Gasteiger charge is -2.25. The normalized spacial score (nSPS) is 15.6. The van der Waals surface area contributed by atoms with Crippen LogP contribution in [-0.2, 0) is 15.9 Å². The summed E-state index contributed by atoms with van der Waals surface area (Å²) < 4.78 is 26.8. The van der Waals surface area contributed by atoms with Crippen LogP contribution < -0.4 is 0 Å². The van der Waals surface area contributed by atoms with E-state index in [1.165, 1.54) is 34.3 Å². The van der Waals surface area contributed by atoms with E-state index < -0.39 is 0 Å². The van der Waals surface area contributed by atoms with Crippen molar-refractivity contribution < 1.29 is 13.9 Å². The first kappa shape index (κ1) is 17.3. The van der Waals surface area contributed by atoms with Crippen molar-refractivity contribution in [1.29, 1.82) is 0 Å². The van der Waals surface area contributed by atoms with Crippen LogP contribution in [0.25, 0.3) is 16.6 Å². The maximum Gasteiger partial charge on any atom is 0.123 e. The Morgan fingerprint density at radius 1 is 1.08 bits per heavy atom. The monoisotopic (exact) mass is 353 g/mol. The third kappa shape index (κ3) is 3.15. The number of methoxy groups -OCH3 is 1. The Morgan fingerprint density at radius 3 is 2.54 bits per heavy atom. The Balaban J connectivity index is 1.96. The molecular weight excluding hydrogens is 329 g/mol. The van der Waals surface area contributed by atoms with Gasteiger partial charge in [-0.3, -0.25) is 0 Å². The fraction of sp³-hybridized carbons (Fsp3) is 0.364. The third-order valence-corrected chi connectivity index (χ3v) is 5.27. The van der Waals surface area contributed by atoms with Crippen LogP contribution >= 0.6 is 0 Å². The van der Waals surface area contributed by atoms with Crippen molar-refractivity contribution in [1.82, 2.24) is 4.57 Å². The minimum Gasteiger partial charge on any atom is -0.384 e. The minimum absolute atomic E-state index is 0.211. The number of hydrogen-bond donors (Lipinski definition) is 0. The summed E-state index contributed by atoms with van der Waals surface area (Å²) in [5.41, 5.74) is 4.86. The van der Waals surface area contributed by atoms with Gasteiger partial charge in [0.2, 0.25) is 0 Å². The van der Waals surface area contributed by atoms with Crippen molar-refractivity contribution in [2.24, 2.45) is 0 Å². The second-order valence-corrected chi connectivity index (χ2v) is 6.82. The summed E-state index contributed by atoms with van der Waals surface area (Å²) in [6.45, 7) is 2.27. The summed E-state index contributed by atoms with van der Waals surface area (Å²) in [6, 6.07) is 15.3. The lowest BCUT2D eigenvalue weighted by molar-refractivity contribution is 0.0840. The summed E-state index contributed by atoms with van der Waals surface area (Å²) in [7, 11) is 1.74. The van der Waals surface area contributed by atoms with Gasteiger partial charge in [-0.15, -0.1) is 0 Å². The van der Waals surface area contributed by atoms with Crippen molar-refractivity contribution >= 4 is 10.9 Å². The maximum absolute atomic E-state index is 13.5. The molecule has 4 heteroatoms. The number of fused-ring (bicyclic) bond motifs is 1. The Kier molecular flexibility index (Phi) is 5.05. The van der Waals surface area contributed by atoms with Gasteiger partial charge in [0.1, 0.15) is 5.82 Å². The van der Waals surface area contributed by atoms with Gasteiger partial charge in [-0.2, -0.15) is 0 Å². The van der Waals surface area contributed by atoms with Crippen LogP contribution in [0.2, 0.25) is 0 Å². The predicted octanol–water partition coefficient (Wildman–Crippen LogP) is 4.85. The van der Waals surface area contributed by atoms with E-state index in [-0.39, 0.29) is 5.82 Å². The zero-order chi connectivity index (χ0) is 17.9. The molecule has 0 bridgehead atoms. The fourth-order valence-corrected chi connectivity index (χ4v) is 4.06. The Hall–Kier alpha value is -2.17. The van der Waals surface area contributed by atoms with E-state index in [9.17, 15) is 4.39 Å². The molecule has 3 nitrogen and oxygen atoms in total. The lowest BCUT2D eigenvalue weighted by Crippen LogP contribution is -2.18. The molecule has 0 atom stereocenters. The van der Waals surface area contributed by atoms with Crippen LogP contribution in [0.4, 0.5) is 4.39 Å². The number of hydrogen-bond acceptors (Lipinski definition) is 2. The molecule has 2 aromatic carbocycles. The molecule has 0 unspecified atom stereocenters. The van der Waals surface area contributed by atoms with Crippen LogP contribution in [-0.4, -0.2) is 31.5 Å². The van der Waals surface area contributed by atoms with Crippen molar-refractivity contribution in [3.8, 4) is 5.69 Å². The number of nitrogens with zero attached hydrogens (tertiary/aromatic N) is 1. The lowest BCUT2D eigenvalue weighted by atomic mass is 9.91. The highest BCUT2D eigenvalue weighted by molar-refractivity contribution is 5.87. The van der Waals surface area contributed by atoms with Gasteiger partial charge in [-0.1, -0.05) is 18.2 Å². The number of rotatable bonds is 5. The van der Waals surface area contributed by atoms with Gasteiger partial charge in [0.15, 0.2) is 0 Å². The first-order chi connectivity index (χ1) is 12.8.